The number of hydrogen-bond acceptors (Lipinski definition) is 4. The molecule has 0 aliphatic carbocycles. The van der Waals surface area contributed by atoms with Crippen molar-refractivity contribution >= 4 is 11.0 Å². The van der Waals surface area contributed by atoms with E-state index in [0.29, 0.717) is 16.8 Å². The quantitative estimate of drug-likeness (QED) is 0.562. The first-order valence-electron chi connectivity index (χ1n) is 4.85. The average Bonchev–Trinajstić information content (AvgIpc) is 2.60. The van der Waals surface area contributed by atoms with E-state index in [-0.39, 0.29) is 5.56 Å². The Balaban J connectivity index is 2.52. The Bertz CT molecular complexity index is 696. The zero-order chi connectivity index (χ0) is 11.0. The molecule has 2 aliphatic heterocycles. The van der Waals surface area contributed by atoms with E-state index in [1.807, 2.05) is 24.3 Å². The van der Waals surface area contributed by atoms with Crippen LogP contribution >= 0.6 is 0 Å². The first-order chi connectivity index (χ1) is 7.84. The Kier molecular flexibility index (Phi) is 1.86. The highest BCUT2D eigenvalue weighted by Gasteiger charge is 2.08. The van der Waals surface area contributed by atoms with Crippen LogP contribution < -0.4 is 5.56 Å². The van der Waals surface area contributed by atoms with Gasteiger partial charge in [-0.25, -0.2) is 9.97 Å². The molecule has 3 rings (SSSR count). The summed E-state index contributed by atoms with van der Waals surface area (Å²) in [5, 5.41) is 0. The van der Waals surface area contributed by atoms with Crippen LogP contribution in [0.2, 0.25) is 0 Å². The van der Waals surface area contributed by atoms with E-state index >= 15 is 0 Å². The predicted molar refractivity (Wildman–Crippen MR) is 60.2 cm³/mol. The second kappa shape index (κ2) is 3.34. The van der Waals surface area contributed by atoms with Crippen molar-refractivity contribution in [2.24, 2.45) is 0 Å². The van der Waals surface area contributed by atoms with Crippen molar-refractivity contribution in [3.63, 3.8) is 0 Å². The SMILES string of the molecule is O=c1ncc2ccnc3ccccc3nc1-2. The second-order valence-electron chi connectivity index (χ2n) is 3.41. The summed E-state index contributed by atoms with van der Waals surface area (Å²) in [6.07, 6.45) is 3.18. The molecule has 2 heterocycles. The summed E-state index contributed by atoms with van der Waals surface area (Å²) in [4.78, 5) is 23.7. The molecule has 0 spiro atoms. The molecule has 2 aliphatic rings. The number of fused-ring (bicyclic) bond motifs is 2. The molecule has 4 nitrogen and oxygen atoms in total. The third-order valence-electron chi connectivity index (χ3n) is 2.38. The van der Waals surface area contributed by atoms with Crippen LogP contribution in [0.3, 0.4) is 0 Å². The van der Waals surface area contributed by atoms with Crippen LogP contribution in [0.1, 0.15) is 0 Å². The summed E-state index contributed by atoms with van der Waals surface area (Å²) < 4.78 is 0. The van der Waals surface area contributed by atoms with Crippen LogP contribution in [0.4, 0.5) is 0 Å². The Morgan fingerprint density at radius 2 is 1.75 bits per heavy atom. The van der Waals surface area contributed by atoms with Crippen molar-refractivity contribution in [1.29, 1.82) is 0 Å². The Morgan fingerprint density at radius 3 is 2.62 bits per heavy atom. The number of hydrogen-bond donors (Lipinski definition) is 0. The molecule has 0 saturated heterocycles. The number of nitrogens with zero attached hydrogens (tertiary/aromatic N) is 3. The lowest BCUT2D eigenvalue weighted by Crippen LogP contribution is -2.01. The average molecular weight is 209 g/mol. The van der Waals surface area contributed by atoms with Crippen molar-refractivity contribution in [3.05, 3.63) is 53.1 Å². The monoisotopic (exact) mass is 209 g/mol. The van der Waals surface area contributed by atoms with Crippen LogP contribution in [-0.4, -0.2) is 15.0 Å². The highest BCUT2D eigenvalue weighted by atomic mass is 16.1. The van der Waals surface area contributed by atoms with Gasteiger partial charge in [-0.2, -0.15) is 0 Å². The van der Waals surface area contributed by atoms with Gasteiger partial charge in [0.2, 0.25) is 0 Å². The van der Waals surface area contributed by atoms with E-state index in [0.717, 1.165) is 5.52 Å². The smallest absolute Gasteiger partial charge is 0.265 e. The van der Waals surface area contributed by atoms with Crippen molar-refractivity contribution in [2.45, 2.75) is 0 Å². The minimum Gasteiger partial charge on any atom is -0.265 e. The Hall–Kier alpha value is -2.36. The molecule has 0 fully saturated rings. The molecule has 1 aromatic carbocycles. The Labute approximate surface area is 91.0 Å². The summed E-state index contributed by atoms with van der Waals surface area (Å²) in [7, 11) is 0. The van der Waals surface area contributed by atoms with Crippen molar-refractivity contribution in [2.75, 3.05) is 0 Å². The van der Waals surface area contributed by atoms with Crippen LogP contribution in [0.5, 0.6) is 0 Å². The highest BCUT2D eigenvalue weighted by molar-refractivity contribution is 5.75. The van der Waals surface area contributed by atoms with E-state index in [9.17, 15) is 4.79 Å². The molecule has 4 heteroatoms. The van der Waals surface area contributed by atoms with Gasteiger partial charge in [0.15, 0.2) is 0 Å². The summed E-state index contributed by atoms with van der Waals surface area (Å²) in [5.41, 5.74) is 2.25. The lowest BCUT2D eigenvalue weighted by Gasteiger charge is -1.94. The summed E-state index contributed by atoms with van der Waals surface area (Å²) in [6.45, 7) is 0. The molecule has 0 aromatic heterocycles. The maximum atomic E-state index is 11.5. The predicted octanol–water partition coefficient (Wildman–Crippen LogP) is 1.49. The van der Waals surface area contributed by atoms with E-state index in [2.05, 4.69) is 15.0 Å². The van der Waals surface area contributed by atoms with Gasteiger partial charge in [-0.3, -0.25) is 9.78 Å². The molecular weight excluding hydrogens is 202 g/mol. The molecule has 0 amide bonds. The van der Waals surface area contributed by atoms with Gasteiger partial charge in [0.25, 0.3) is 5.56 Å². The zero-order valence-electron chi connectivity index (χ0n) is 8.29. The minimum absolute atomic E-state index is 0.295. The summed E-state index contributed by atoms with van der Waals surface area (Å²) in [5.74, 6) is 0. The number of para-hydroxylation sites is 2. The van der Waals surface area contributed by atoms with Gasteiger partial charge in [-0.15, -0.1) is 0 Å². The van der Waals surface area contributed by atoms with Crippen molar-refractivity contribution in [1.82, 2.24) is 15.0 Å². The molecule has 0 unspecified atom stereocenters. The largest absolute Gasteiger partial charge is 0.296 e. The second-order valence-corrected chi connectivity index (χ2v) is 3.41. The third-order valence-corrected chi connectivity index (χ3v) is 2.38. The first kappa shape index (κ1) is 8.91. The van der Waals surface area contributed by atoms with Crippen LogP contribution in [0.15, 0.2) is 47.5 Å². The Morgan fingerprint density at radius 1 is 0.938 bits per heavy atom. The van der Waals surface area contributed by atoms with Crippen molar-refractivity contribution < 1.29 is 0 Å². The van der Waals surface area contributed by atoms with Gasteiger partial charge in [-0.05, 0) is 18.2 Å². The van der Waals surface area contributed by atoms with E-state index in [4.69, 9.17) is 0 Å². The number of aromatic nitrogens is 3. The molecule has 0 bridgehead atoms. The van der Waals surface area contributed by atoms with E-state index in [1.165, 1.54) is 6.20 Å². The molecule has 1 aromatic rings. The topological polar surface area (TPSA) is 55.7 Å². The maximum absolute atomic E-state index is 11.5. The molecule has 0 radical (unpaired) electrons. The molecule has 76 valence electrons. The van der Waals surface area contributed by atoms with Gasteiger partial charge in [0, 0.05) is 18.0 Å². The molecular formula is C12H7N3O. The lowest BCUT2D eigenvalue weighted by atomic mass is 10.2. The standard InChI is InChI=1S/C12H7N3O/c16-12-11-8(7-14-12)5-6-13-9-3-1-2-4-10(9)15-11/h1-7H. The lowest BCUT2D eigenvalue weighted by molar-refractivity contribution is 1.29. The zero-order valence-corrected chi connectivity index (χ0v) is 8.29. The fraction of sp³-hybridized carbons (Fsp3) is 0. The first-order valence-corrected chi connectivity index (χ1v) is 4.85. The fourth-order valence-corrected chi connectivity index (χ4v) is 1.59. The number of benzene rings is 1. The van der Waals surface area contributed by atoms with Gasteiger partial charge >= 0.3 is 0 Å². The number of rotatable bonds is 0. The van der Waals surface area contributed by atoms with Crippen LogP contribution in [0, 0.1) is 0 Å². The van der Waals surface area contributed by atoms with E-state index < -0.39 is 0 Å². The third kappa shape index (κ3) is 1.32. The summed E-state index contributed by atoms with van der Waals surface area (Å²) in [6, 6.07) is 9.17. The molecule has 0 N–H and O–H groups in total. The normalized spacial score (nSPS) is 10.8. The fourth-order valence-electron chi connectivity index (χ4n) is 1.59. The minimum atomic E-state index is -0.295. The molecule has 16 heavy (non-hydrogen) atoms. The van der Waals surface area contributed by atoms with Crippen LogP contribution in [0.25, 0.3) is 22.3 Å². The van der Waals surface area contributed by atoms with Crippen molar-refractivity contribution in [3.8, 4) is 11.3 Å². The van der Waals surface area contributed by atoms with E-state index in [1.54, 1.807) is 12.3 Å². The molecule has 0 atom stereocenters. The summed E-state index contributed by atoms with van der Waals surface area (Å²) >= 11 is 0. The maximum Gasteiger partial charge on any atom is 0.296 e. The van der Waals surface area contributed by atoms with Gasteiger partial charge in [-0.1, -0.05) is 12.1 Å². The highest BCUT2D eigenvalue weighted by Crippen LogP contribution is 2.14. The van der Waals surface area contributed by atoms with Gasteiger partial charge < -0.3 is 0 Å². The van der Waals surface area contributed by atoms with Gasteiger partial charge in [0.1, 0.15) is 5.69 Å². The van der Waals surface area contributed by atoms with Gasteiger partial charge in [0.05, 0.1) is 11.0 Å². The van der Waals surface area contributed by atoms with Crippen LogP contribution in [-0.2, 0) is 0 Å². The molecule has 0 saturated carbocycles.